The van der Waals surface area contributed by atoms with Crippen molar-refractivity contribution in [2.24, 2.45) is 0 Å². The van der Waals surface area contributed by atoms with E-state index < -0.39 is 46.2 Å². The summed E-state index contributed by atoms with van der Waals surface area (Å²) >= 11 is 0. The minimum atomic E-state index is -4.19. The number of alkyl halides is 4. The van der Waals surface area contributed by atoms with Gasteiger partial charge in [-0.1, -0.05) is 51.6 Å². The van der Waals surface area contributed by atoms with Crippen molar-refractivity contribution in [2.75, 3.05) is 32.6 Å². The Bertz CT molecular complexity index is 1510. The molecule has 2 aromatic carbocycles. The summed E-state index contributed by atoms with van der Waals surface area (Å²) in [6, 6.07) is 13.9. The first-order valence-corrected chi connectivity index (χ1v) is 19.6. The van der Waals surface area contributed by atoms with Gasteiger partial charge in [-0.15, -0.1) is 0 Å². The molecule has 1 unspecified atom stereocenters. The Morgan fingerprint density at radius 1 is 0.870 bits per heavy atom. The molecule has 1 atom stereocenters. The van der Waals surface area contributed by atoms with Crippen LogP contribution in [0.25, 0.3) is 0 Å². The van der Waals surface area contributed by atoms with Crippen molar-refractivity contribution in [1.29, 1.82) is 0 Å². The Morgan fingerprint density at radius 2 is 1.30 bits per heavy atom. The number of halogens is 4. The number of rotatable bonds is 12. The highest BCUT2D eigenvalue weighted by molar-refractivity contribution is 7.86. The fourth-order valence-corrected chi connectivity index (χ4v) is 5.16. The third-order valence-electron chi connectivity index (χ3n) is 7.30. The Balaban J connectivity index is 0.000000903. The van der Waals surface area contributed by atoms with E-state index in [4.69, 9.17) is 9.47 Å². The third-order valence-corrected chi connectivity index (χ3v) is 8.10. The van der Waals surface area contributed by atoms with Crippen LogP contribution in [0.1, 0.15) is 101 Å². The zero-order valence-electron chi connectivity index (χ0n) is 34.4. The van der Waals surface area contributed by atoms with Crippen LogP contribution in [-0.4, -0.2) is 92.0 Å². The van der Waals surface area contributed by atoms with Crippen LogP contribution >= 0.6 is 0 Å². The smallest absolute Gasteiger partial charge is 0.340 e. The molecule has 1 aliphatic heterocycles. The molecule has 1 heterocycles. The topological polar surface area (TPSA) is 114 Å². The highest BCUT2D eigenvalue weighted by Crippen LogP contribution is 2.34. The molecule has 1 amide bonds. The van der Waals surface area contributed by atoms with Gasteiger partial charge >= 0.3 is 12.3 Å². The number of ether oxygens (including phenoxy) is 2. The van der Waals surface area contributed by atoms with Crippen LogP contribution in [0, 0.1) is 0 Å². The van der Waals surface area contributed by atoms with Crippen molar-refractivity contribution >= 4 is 16.0 Å². The fourth-order valence-electron chi connectivity index (χ4n) is 4.25. The molecule has 2 N–H and O–H groups in total. The lowest BCUT2D eigenvalue weighted by molar-refractivity contribution is -0.148. The zero-order valence-corrected chi connectivity index (χ0v) is 35.2. The van der Waals surface area contributed by atoms with Gasteiger partial charge in [-0.3, -0.25) is 13.9 Å². The summed E-state index contributed by atoms with van der Waals surface area (Å²) in [5.74, 6) is -3.55. The Morgan fingerprint density at radius 3 is 1.54 bits per heavy atom. The van der Waals surface area contributed by atoms with E-state index in [-0.39, 0.29) is 23.8 Å². The van der Waals surface area contributed by atoms with Gasteiger partial charge in [0.05, 0.1) is 18.0 Å². The normalized spacial score (nSPS) is 14.2. The van der Waals surface area contributed by atoms with E-state index in [0.29, 0.717) is 17.7 Å². The lowest BCUT2D eigenvalue weighted by Gasteiger charge is -2.26. The Hall–Kier alpha value is -3.20. The van der Waals surface area contributed by atoms with Gasteiger partial charge in [0, 0.05) is 29.6 Å². The number of hydrogen-bond acceptors (Lipinski definition) is 8. The van der Waals surface area contributed by atoms with E-state index in [0.717, 1.165) is 17.4 Å². The first kappa shape index (κ1) is 50.8. The highest BCUT2D eigenvalue weighted by atomic mass is 32.2. The summed E-state index contributed by atoms with van der Waals surface area (Å²) in [7, 11) is -3.28. The number of benzene rings is 2. The van der Waals surface area contributed by atoms with Gasteiger partial charge in [-0.2, -0.15) is 17.2 Å². The number of nitrogens with one attached hydrogen (secondary N) is 1. The van der Waals surface area contributed by atoms with Gasteiger partial charge in [-0.05, 0) is 110 Å². The van der Waals surface area contributed by atoms with Crippen LogP contribution in [0.4, 0.5) is 17.6 Å². The molecule has 1 fully saturated rings. The minimum Gasteiger partial charge on any atom is -0.491 e. The average molecular weight is 793 g/mol. The van der Waals surface area contributed by atoms with Crippen LogP contribution in [0.5, 0.6) is 11.5 Å². The minimum absolute atomic E-state index is 0.100. The van der Waals surface area contributed by atoms with E-state index in [1.54, 1.807) is 32.9 Å². The van der Waals surface area contributed by atoms with Crippen LogP contribution in [0.2, 0.25) is 0 Å². The summed E-state index contributed by atoms with van der Waals surface area (Å²) in [4.78, 5) is 13.0. The molecule has 1 saturated heterocycles. The Labute approximate surface area is 321 Å². The van der Waals surface area contributed by atoms with E-state index in [1.807, 2.05) is 65.8 Å². The van der Waals surface area contributed by atoms with Gasteiger partial charge in [-0.25, -0.2) is 8.78 Å². The van der Waals surface area contributed by atoms with Gasteiger partial charge in [0.25, 0.3) is 10.1 Å². The van der Waals surface area contributed by atoms with Gasteiger partial charge in [0.2, 0.25) is 5.91 Å². The van der Waals surface area contributed by atoms with E-state index in [2.05, 4.69) is 41.7 Å². The number of nitrogens with zero attached hydrogens (tertiary/aromatic N) is 1. The number of amides is 1. The summed E-state index contributed by atoms with van der Waals surface area (Å²) < 4.78 is 86.2. The summed E-state index contributed by atoms with van der Waals surface area (Å²) in [6.45, 7) is 28.3. The van der Waals surface area contributed by atoms with E-state index in [1.165, 1.54) is 31.3 Å². The summed E-state index contributed by atoms with van der Waals surface area (Å²) in [6.07, 6.45) is -1.35. The second-order valence-corrected chi connectivity index (χ2v) is 18.0. The zero-order chi connectivity index (χ0) is 42.3. The first-order chi connectivity index (χ1) is 24.3. The molecule has 9 nitrogen and oxygen atoms in total. The molecular formula is C40H64F4N2O7S. The molecule has 1 aliphatic rings. The molecular weight excluding hydrogens is 729 g/mol. The van der Waals surface area contributed by atoms with Crippen molar-refractivity contribution in [2.45, 2.75) is 130 Å². The molecule has 0 saturated carbocycles. The van der Waals surface area contributed by atoms with Crippen molar-refractivity contribution in [3.05, 3.63) is 72.3 Å². The summed E-state index contributed by atoms with van der Waals surface area (Å²) in [5, 5.41) is 12.3. The highest BCUT2D eigenvalue weighted by Gasteiger charge is 2.41. The molecule has 2 aromatic rings. The molecule has 0 spiro atoms. The van der Waals surface area contributed by atoms with Crippen LogP contribution in [0.15, 0.2) is 61.2 Å². The van der Waals surface area contributed by atoms with E-state index in [9.17, 15) is 35.9 Å². The van der Waals surface area contributed by atoms with Gasteiger partial charge in [0.1, 0.15) is 18.1 Å². The van der Waals surface area contributed by atoms with Crippen LogP contribution in [-0.2, 0) is 24.5 Å². The van der Waals surface area contributed by atoms with Crippen molar-refractivity contribution in [3.8, 4) is 11.5 Å². The van der Waals surface area contributed by atoms with Crippen molar-refractivity contribution in [1.82, 2.24) is 10.2 Å². The predicted octanol–water partition coefficient (Wildman–Crippen LogP) is 8.39. The molecule has 0 aliphatic carbocycles. The number of aliphatic hydroxyl groups is 1. The number of hydrogen-bond donors (Lipinski definition) is 2. The lowest BCUT2D eigenvalue weighted by atomic mass is 9.78. The second-order valence-electron chi connectivity index (χ2n) is 16.4. The van der Waals surface area contributed by atoms with Gasteiger partial charge < -0.3 is 19.9 Å². The lowest BCUT2D eigenvalue weighted by Crippen LogP contribution is -2.39. The number of carbonyl (C=O) groups is 1. The molecule has 3 rings (SSSR count). The maximum atomic E-state index is 13.0. The maximum Gasteiger partial charge on any atom is 0.340 e. The monoisotopic (exact) mass is 792 g/mol. The Kier molecular flexibility index (Phi) is 19.9. The largest absolute Gasteiger partial charge is 0.491 e. The average Bonchev–Trinajstić information content (AvgIpc) is 3.88. The van der Waals surface area contributed by atoms with Crippen LogP contribution < -0.4 is 14.8 Å². The van der Waals surface area contributed by atoms with E-state index >= 15 is 0 Å². The fraction of sp³-hybridized carbons (Fsp3) is 0.625. The molecule has 310 valence electrons. The quantitative estimate of drug-likeness (QED) is 0.0954. The predicted molar refractivity (Wildman–Crippen MR) is 208 cm³/mol. The second kappa shape index (κ2) is 21.2. The maximum absolute atomic E-state index is 13.0. The SMILES string of the molecule is C=CC(=O)NC(C)(C)C.CC(C)(C)N1CC1.CC(C)(C)OS(C)(=O)=O.CCC(O)COc1ccc(C(C)(C)c2ccc(OCC(F)(F)C(F)F)cc2)cc1. The molecule has 0 radical (unpaired) electrons. The number of carbonyl (C=O) groups excluding carboxylic acids is 1. The van der Waals surface area contributed by atoms with Crippen LogP contribution in [0.3, 0.4) is 0 Å². The van der Waals surface area contributed by atoms with Crippen molar-refractivity contribution < 1.29 is 49.5 Å². The number of aliphatic hydroxyl groups excluding tert-OH is 1. The molecule has 0 bridgehead atoms. The first-order valence-electron chi connectivity index (χ1n) is 17.7. The standard InChI is InChI=1S/C22H26F4O3.C7H13NO.C6H13N.C5H12O3S/c1-4-17(27)13-28-18-9-5-15(6-10-18)21(2,3)16-7-11-19(12-8-16)29-14-22(25,26)20(23)24;1-5-6(9)8-7(2,3)4;1-6(2,3)7-4-5-7;1-5(2,3)8-9(4,6)7/h5-12,17,20,27H,4,13-14H2,1-3H3;5H,1H2,2-4H3,(H,8,9);4-5H2,1-3H3;1-4H3. The molecule has 14 heteroatoms. The summed E-state index contributed by atoms with van der Waals surface area (Å²) in [5.41, 5.74) is 1.20. The third kappa shape index (κ3) is 22.9. The van der Waals surface area contributed by atoms with Gasteiger partial charge in [0.15, 0.2) is 6.61 Å². The van der Waals surface area contributed by atoms with Crippen molar-refractivity contribution in [3.63, 3.8) is 0 Å². The molecule has 0 aromatic heterocycles. The molecule has 54 heavy (non-hydrogen) atoms.